The second-order valence-electron chi connectivity index (χ2n) is 3.82. The van der Waals surface area contributed by atoms with E-state index in [-0.39, 0.29) is 10.8 Å². The molecule has 1 N–H and O–H groups in total. The summed E-state index contributed by atoms with van der Waals surface area (Å²) in [7, 11) is 0. The van der Waals surface area contributed by atoms with Crippen LogP contribution in [-0.2, 0) is 0 Å². The zero-order chi connectivity index (χ0) is 13.3. The summed E-state index contributed by atoms with van der Waals surface area (Å²) in [6.45, 7) is 3.55. The second kappa shape index (κ2) is 4.86. The zero-order valence-corrected chi connectivity index (χ0v) is 10.5. The van der Waals surface area contributed by atoms with E-state index < -0.39 is 11.6 Å². The van der Waals surface area contributed by atoms with Crippen LogP contribution in [0.25, 0.3) is 0 Å². The minimum atomic E-state index is -0.952. The molecule has 0 radical (unpaired) electrons. The molecule has 18 heavy (non-hydrogen) atoms. The first-order valence-corrected chi connectivity index (χ1v) is 5.59. The van der Waals surface area contributed by atoms with Gasteiger partial charge in [-0.25, -0.2) is 8.78 Å². The number of halogens is 3. The monoisotopic (exact) mass is 269 g/mol. The van der Waals surface area contributed by atoms with Gasteiger partial charge in [0.2, 0.25) is 0 Å². The Morgan fingerprint density at radius 2 is 1.83 bits per heavy atom. The van der Waals surface area contributed by atoms with Crippen molar-refractivity contribution >= 4 is 23.1 Å². The van der Waals surface area contributed by atoms with Gasteiger partial charge in [-0.15, -0.1) is 10.2 Å². The Balaban J connectivity index is 2.41. The van der Waals surface area contributed by atoms with Crippen LogP contribution in [0, 0.1) is 25.5 Å². The molecule has 0 saturated heterocycles. The van der Waals surface area contributed by atoms with Crippen LogP contribution in [-0.4, -0.2) is 10.2 Å². The molecule has 0 bridgehead atoms. The Kier molecular flexibility index (Phi) is 3.43. The molecular weight excluding hydrogens is 260 g/mol. The van der Waals surface area contributed by atoms with Gasteiger partial charge in [-0.3, -0.25) is 0 Å². The molecule has 2 aromatic rings. The van der Waals surface area contributed by atoms with Crippen molar-refractivity contribution in [3.8, 4) is 0 Å². The average Bonchev–Trinajstić information content (AvgIpc) is 2.35. The molecule has 1 aromatic carbocycles. The number of anilines is 2. The number of nitrogens with zero attached hydrogens (tertiary/aromatic N) is 2. The molecule has 0 saturated carbocycles. The minimum absolute atomic E-state index is 0.00845. The molecule has 3 nitrogen and oxygen atoms in total. The summed E-state index contributed by atoms with van der Waals surface area (Å²) in [5.41, 5.74) is 1.48. The van der Waals surface area contributed by atoms with Gasteiger partial charge in [-0.2, -0.15) is 0 Å². The maximum Gasteiger partial charge on any atom is 0.182 e. The van der Waals surface area contributed by atoms with Crippen molar-refractivity contribution in [1.82, 2.24) is 10.2 Å². The standard InChI is InChI=1S/C12H10ClF2N3/c1-6-7(2)12(18-17-11(6)13)16-9-5-3-4-8(14)10(9)15/h3-5H,1-2H3,(H,16,18). The summed E-state index contributed by atoms with van der Waals surface area (Å²) in [6.07, 6.45) is 0. The van der Waals surface area contributed by atoms with E-state index in [9.17, 15) is 8.78 Å². The van der Waals surface area contributed by atoms with Crippen molar-refractivity contribution < 1.29 is 8.78 Å². The van der Waals surface area contributed by atoms with E-state index in [0.717, 1.165) is 17.2 Å². The van der Waals surface area contributed by atoms with Gasteiger partial charge in [-0.05, 0) is 37.1 Å². The van der Waals surface area contributed by atoms with Gasteiger partial charge in [0.25, 0.3) is 0 Å². The first-order chi connectivity index (χ1) is 8.50. The van der Waals surface area contributed by atoms with Crippen LogP contribution < -0.4 is 5.32 Å². The Bertz CT molecular complexity index is 602. The smallest absolute Gasteiger partial charge is 0.182 e. The number of benzene rings is 1. The first kappa shape index (κ1) is 12.7. The molecule has 0 unspecified atom stereocenters. The molecule has 0 amide bonds. The molecular formula is C12H10ClF2N3. The zero-order valence-electron chi connectivity index (χ0n) is 9.76. The highest BCUT2D eigenvalue weighted by Crippen LogP contribution is 2.25. The molecule has 0 spiro atoms. The molecule has 2 rings (SSSR count). The van der Waals surface area contributed by atoms with Crippen LogP contribution in [0.3, 0.4) is 0 Å². The molecule has 94 valence electrons. The molecule has 1 aromatic heterocycles. The Morgan fingerprint density at radius 3 is 2.56 bits per heavy atom. The predicted octanol–water partition coefficient (Wildman–Crippen LogP) is 3.77. The van der Waals surface area contributed by atoms with Gasteiger partial charge < -0.3 is 5.32 Å². The lowest BCUT2D eigenvalue weighted by Crippen LogP contribution is -2.03. The summed E-state index contributed by atoms with van der Waals surface area (Å²) >= 11 is 5.81. The van der Waals surface area contributed by atoms with Crippen molar-refractivity contribution in [2.24, 2.45) is 0 Å². The van der Waals surface area contributed by atoms with E-state index in [0.29, 0.717) is 5.82 Å². The summed E-state index contributed by atoms with van der Waals surface area (Å²) < 4.78 is 26.5. The van der Waals surface area contributed by atoms with Crippen molar-refractivity contribution in [3.05, 3.63) is 46.1 Å². The van der Waals surface area contributed by atoms with Crippen LogP contribution in [0.5, 0.6) is 0 Å². The van der Waals surface area contributed by atoms with E-state index in [1.807, 2.05) is 0 Å². The van der Waals surface area contributed by atoms with Crippen molar-refractivity contribution in [2.75, 3.05) is 5.32 Å². The topological polar surface area (TPSA) is 37.8 Å². The lowest BCUT2D eigenvalue weighted by Gasteiger charge is -2.11. The van der Waals surface area contributed by atoms with Gasteiger partial charge in [0.05, 0.1) is 5.69 Å². The largest absolute Gasteiger partial charge is 0.336 e. The van der Waals surface area contributed by atoms with Crippen molar-refractivity contribution in [2.45, 2.75) is 13.8 Å². The van der Waals surface area contributed by atoms with E-state index >= 15 is 0 Å². The summed E-state index contributed by atoms with van der Waals surface area (Å²) in [5.74, 6) is -1.52. The molecule has 1 heterocycles. The maximum atomic E-state index is 13.5. The van der Waals surface area contributed by atoms with Crippen LogP contribution >= 0.6 is 11.6 Å². The molecule has 0 atom stereocenters. The molecule has 0 aliphatic heterocycles. The first-order valence-electron chi connectivity index (χ1n) is 5.21. The lowest BCUT2D eigenvalue weighted by atomic mass is 10.2. The molecule has 0 fully saturated rings. The molecule has 6 heteroatoms. The SMILES string of the molecule is Cc1c(Cl)nnc(Nc2cccc(F)c2F)c1C. The highest BCUT2D eigenvalue weighted by molar-refractivity contribution is 6.30. The fourth-order valence-corrected chi connectivity index (χ4v) is 1.60. The number of hydrogen-bond acceptors (Lipinski definition) is 3. The quantitative estimate of drug-likeness (QED) is 0.902. The third kappa shape index (κ3) is 2.26. The highest BCUT2D eigenvalue weighted by atomic mass is 35.5. The third-order valence-corrected chi connectivity index (χ3v) is 3.03. The van der Waals surface area contributed by atoms with Crippen molar-refractivity contribution in [3.63, 3.8) is 0 Å². The summed E-state index contributed by atoms with van der Waals surface area (Å²) in [4.78, 5) is 0. The number of hydrogen-bond donors (Lipinski definition) is 1. The van der Waals surface area contributed by atoms with Gasteiger partial charge in [0.1, 0.15) is 0 Å². The lowest BCUT2D eigenvalue weighted by molar-refractivity contribution is 0.511. The Labute approximate surface area is 108 Å². The fraction of sp³-hybridized carbons (Fsp3) is 0.167. The van der Waals surface area contributed by atoms with Gasteiger partial charge in [0.15, 0.2) is 22.6 Å². The fourth-order valence-electron chi connectivity index (χ4n) is 1.42. The van der Waals surface area contributed by atoms with Crippen LogP contribution in [0.2, 0.25) is 5.15 Å². The highest BCUT2D eigenvalue weighted by Gasteiger charge is 2.12. The van der Waals surface area contributed by atoms with E-state index in [2.05, 4.69) is 15.5 Å². The van der Waals surface area contributed by atoms with Gasteiger partial charge in [0, 0.05) is 0 Å². The van der Waals surface area contributed by atoms with Crippen LogP contribution in [0.15, 0.2) is 18.2 Å². The van der Waals surface area contributed by atoms with E-state index in [1.165, 1.54) is 12.1 Å². The second-order valence-corrected chi connectivity index (χ2v) is 4.17. The van der Waals surface area contributed by atoms with E-state index in [1.54, 1.807) is 13.8 Å². The van der Waals surface area contributed by atoms with Gasteiger partial charge in [-0.1, -0.05) is 17.7 Å². The summed E-state index contributed by atoms with van der Waals surface area (Å²) in [6, 6.07) is 3.88. The maximum absolute atomic E-state index is 13.5. The Hall–Kier alpha value is -1.75. The van der Waals surface area contributed by atoms with Crippen LogP contribution in [0.1, 0.15) is 11.1 Å². The van der Waals surface area contributed by atoms with Gasteiger partial charge >= 0.3 is 0 Å². The van der Waals surface area contributed by atoms with E-state index in [4.69, 9.17) is 11.6 Å². The Morgan fingerprint density at radius 1 is 1.11 bits per heavy atom. The number of aromatic nitrogens is 2. The van der Waals surface area contributed by atoms with Crippen LogP contribution in [0.4, 0.5) is 20.3 Å². The number of rotatable bonds is 2. The number of nitrogens with one attached hydrogen (secondary N) is 1. The normalized spacial score (nSPS) is 10.5. The third-order valence-electron chi connectivity index (χ3n) is 2.67. The van der Waals surface area contributed by atoms with Crippen molar-refractivity contribution in [1.29, 1.82) is 0 Å². The minimum Gasteiger partial charge on any atom is -0.336 e. The molecule has 0 aliphatic carbocycles. The molecule has 0 aliphatic rings. The average molecular weight is 270 g/mol. The predicted molar refractivity (Wildman–Crippen MR) is 66.2 cm³/mol. The summed E-state index contributed by atoms with van der Waals surface area (Å²) in [5, 5.41) is 10.5.